The van der Waals surface area contributed by atoms with Gasteiger partial charge >= 0.3 is 0 Å². The van der Waals surface area contributed by atoms with E-state index in [-0.39, 0.29) is 29.8 Å². The predicted octanol–water partition coefficient (Wildman–Crippen LogP) is 5.64. The number of ether oxygens (including phenoxy) is 3. The molecule has 4 fully saturated rings. The topological polar surface area (TPSA) is 133 Å². The third-order valence-corrected chi connectivity index (χ3v) is 11.3. The number of carbonyl (C=O) groups excluding carboxylic acids is 2. The number of nitrogens with two attached hydrogens (primary N) is 1. The van der Waals surface area contributed by atoms with Crippen molar-refractivity contribution >= 4 is 40.9 Å². The van der Waals surface area contributed by atoms with Crippen LogP contribution in [0.5, 0.6) is 17.2 Å². The molecule has 2 atom stereocenters. The Morgan fingerprint density at radius 1 is 1.02 bits per heavy atom. The SMILES string of the molecule is COc1ccc(OC(C)(C)C(=O)N2CCNCC2)c(OC)c1N1CCC[C@@H](C(=O)N(C2CC2)C(c2ccc(/C(C=N)=C/N)cc2Cl)C2CCC2)C1. The molecule has 4 N–H and O–H groups in total. The van der Waals surface area contributed by atoms with Crippen molar-refractivity contribution in [3.05, 3.63) is 52.7 Å². The molecule has 0 spiro atoms. The van der Waals surface area contributed by atoms with E-state index in [0.717, 1.165) is 81.4 Å². The van der Waals surface area contributed by atoms with E-state index < -0.39 is 5.60 Å². The maximum Gasteiger partial charge on any atom is 0.266 e. The van der Waals surface area contributed by atoms with Gasteiger partial charge in [-0.3, -0.25) is 9.59 Å². The van der Waals surface area contributed by atoms with Crippen LogP contribution in [-0.2, 0) is 9.59 Å². The number of halogens is 1. The summed E-state index contributed by atoms with van der Waals surface area (Å²) < 4.78 is 18.4. The Morgan fingerprint density at radius 2 is 1.75 bits per heavy atom. The molecule has 276 valence electrons. The van der Waals surface area contributed by atoms with E-state index in [1.54, 1.807) is 34.1 Å². The van der Waals surface area contributed by atoms with E-state index in [4.69, 9.17) is 37.0 Å². The summed E-state index contributed by atoms with van der Waals surface area (Å²) in [6.07, 6.45) is 9.46. The summed E-state index contributed by atoms with van der Waals surface area (Å²) in [6, 6.07) is 9.57. The summed E-state index contributed by atoms with van der Waals surface area (Å²) in [6.45, 7) is 7.58. The maximum atomic E-state index is 14.9. The van der Waals surface area contributed by atoms with Crippen molar-refractivity contribution < 1.29 is 23.8 Å². The number of rotatable bonds is 13. The van der Waals surface area contributed by atoms with Crippen LogP contribution in [0.1, 0.15) is 76.0 Å². The number of anilines is 1. The van der Waals surface area contributed by atoms with Gasteiger partial charge in [-0.15, -0.1) is 0 Å². The maximum absolute atomic E-state index is 14.9. The van der Waals surface area contributed by atoms with Gasteiger partial charge in [-0.05, 0) is 87.6 Å². The van der Waals surface area contributed by atoms with Crippen LogP contribution in [0, 0.1) is 17.2 Å². The van der Waals surface area contributed by atoms with Crippen molar-refractivity contribution in [2.75, 3.05) is 58.4 Å². The Bertz CT molecular complexity index is 1630. The fraction of sp³-hybridized carbons (Fsp3) is 0.564. The molecule has 2 heterocycles. The quantitative estimate of drug-likeness (QED) is 0.227. The molecule has 0 aromatic heterocycles. The highest BCUT2D eigenvalue weighted by atomic mass is 35.5. The van der Waals surface area contributed by atoms with Gasteiger partial charge in [0.05, 0.1) is 26.2 Å². The molecule has 12 heteroatoms. The van der Waals surface area contributed by atoms with Gasteiger partial charge in [0, 0.05) is 68.3 Å². The Labute approximate surface area is 306 Å². The van der Waals surface area contributed by atoms with Gasteiger partial charge in [0.1, 0.15) is 11.4 Å². The molecule has 2 aromatic rings. The van der Waals surface area contributed by atoms with Crippen molar-refractivity contribution in [3.63, 3.8) is 0 Å². The lowest BCUT2D eigenvalue weighted by atomic mass is 9.75. The number of nitrogens with zero attached hydrogens (tertiary/aromatic N) is 3. The van der Waals surface area contributed by atoms with E-state index in [0.29, 0.717) is 53.4 Å². The third-order valence-electron chi connectivity index (χ3n) is 10.9. The van der Waals surface area contributed by atoms with Crippen LogP contribution < -0.4 is 30.2 Å². The number of piperazine rings is 1. The van der Waals surface area contributed by atoms with Crippen molar-refractivity contribution in [2.45, 2.75) is 76.5 Å². The normalized spacial score (nSPS) is 20.6. The van der Waals surface area contributed by atoms with Gasteiger partial charge in [-0.25, -0.2) is 0 Å². The average Bonchev–Trinajstić information content (AvgIpc) is 3.96. The third kappa shape index (κ3) is 7.65. The Morgan fingerprint density at radius 3 is 2.33 bits per heavy atom. The molecule has 2 aliphatic carbocycles. The summed E-state index contributed by atoms with van der Waals surface area (Å²) in [4.78, 5) is 34.6. The van der Waals surface area contributed by atoms with Crippen LogP contribution >= 0.6 is 11.6 Å². The number of allylic oxidation sites excluding steroid dienone is 1. The van der Waals surface area contributed by atoms with Crippen LogP contribution in [-0.4, -0.2) is 93.0 Å². The minimum atomic E-state index is -1.13. The molecule has 2 aromatic carbocycles. The molecule has 2 saturated carbocycles. The molecular formula is C39H53ClN6O5. The van der Waals surface area contributed by atoms with Gasteiger partial charge in [-0.2, -0.15) is 0 Å². The van der Waals surface area contributed by atoms with Crippen LogP contribution in [0.15, 0.2) is 36.5 Å². The monoisotopic (exact) mass is 720 g/mol. The predicted molar refractivity (Wildman–Crippen MR) is 201 cm³/mol. The van der Waals surface area contributed by atoms with Gasteiger partial charge in [-0.1, -0.05) is 30.2 Å². The molecule has 2 saturated heterocycles. The Hall–Kier alpha value is -3.96. The number of benzene rings is 2. The van der Waals surface area contributed by atoms with E-state index in [2.05, 4.69) is 15.1 Å². The standard InChI is InChI=1S/C39H53ClN6O5/c1-39(2,38(48)44-19-16-43-17-20-44)51-33-15-14-32(49-3)35(36(33)50-4)45-18-6-9-27(24-45)37(47)46(29-11-12-29)34(25-7-5-8-25)30-13-10-26(21-31(30)40)28(22-41)23-42/h10,13-15,21-23,25,27,29,34,41,43H,5-9,11-12,16-20,24,42H2,1-4H3/b28-23+,41-22?/t27-,34?/m1/s1. The summed E-state index contributed by atoms with van der Waals surface area (Å²) in [5.74, 6) is 1.74. The van der Waals surface area contributed by atoms with Crippen molar-refractivity contribution in [2.24, 2.45) is 17.6 Å². The molecular weight excluding hydrogens is 668 g/mol. The minimum Gasteiger partial charge on any atom is -0.494 e. The van der Waals surface area contributed by atoms with Crippen LogP contribution in [0.3, 0.4) is 0 Å². The zero-order valence-electron chi connectivity index (χ0n) is 30.4. The van der Waals surface area contributed by atoms with Gasteiger partial charge < -0.3 is 45.4 Å². The molecule has 2 aliphatic heterocycles. The van der Waals surface area contributed by atoms with Crippen molar-refractivity contribution in [1.29, 1.82) is 5.41 Å². The minimum absolute atomic E-state index is 0.0750. The largest absolute Gasteiger partial charge is 0.494 e. The molecule has 2 amide bonds. The first-order chi connectivity index (χ1) is 24.6. The fourth-order valence-corrected chi connectivity index (χ4v) is 8.19. The second-order valence-corrected chi connectivity index (χ2v) is 15.1. The number of carbonyl (C=O) groups is 2. The Kier molecular flexibility index (Phi) is 11.4. The lowest BCUT2D eigenvalue weighted by Crippen LogP contribution is -2.54. The number of hydrogen-bond acceptors (Lipinski definition) is 9. The number of amides is 2. The molecule has 51 heavy (non-hydrogen) atoms. The molecule has 6 rings (SSSR count). The molecule has 0 bridgehead atoms. The van der Waals surface area contributed by atoms with Crippen LogP contribution in [0.2, 0.25) is 5.02 Å². The van der Waals surface area contributed by atoms with Crippen LogP contribution in [0.4, 0.5) is 5.69 Å². The van der Waals surface area contributed by atoms with Gasteiger partial charge in [0.15, 0.2) is 17.1 Å². The Balaban J connectivity index is 1.28. The van der Waals surface area contributed by atoms with E-state index in [1.807, 2.05) is 29.2 Å². The highest BCUT2D eigenvalue weighted by Crippen LogP contribution is 2.50. The smallest absolute Gasteiger partial charge is 0.266 e. The first-order valence-electron chi connectivity index (χ1n) is 18.3. The second-order valence-electron chi connectivity index (χ2n) is 14.7. The summed E-state index contributed by atoms with van der Waals surface area (Å²) in [7, 11) is 3.23. The summed E-state index contributed by atoms with van der Waals surface area (Å²) in [5, 5.41) is 11.6. The lowest BCUT2D eigenvalue weighted by molar-refractivity contribution is -0.146. The highest BCUT2D eigenvalue weighted by molar-refractivity contribution is 6.31. The summed E-state index contributed by atoms with van der Waals surface area (Å²) in [5.41, 5.74) is 7.71. The van der Waals surface area contributed by atoms with Crippen LogP contribution in [0.25, 0.3) is 5.57 Å². The average molecular weight is 721 g/mol. The number of methoxy groups -OCH3 is 2. The van der Waals surface area contributed by atoms with E-state index in [1.165, 1.54) is 12.4 Å². The lowest BCUT2D eigenvalue weighted by Gasteiger charge is -2.45. The van der Waals surface area contributed by atoms with Crippen molar-refractivity contribution in [1.82, 2.24) is 15.1 Å². The fourth-order valence-electron chi connectivity index (χ4n) is 7.89. The first kappa shape index (κ1) is 36.8. The second kappa shape index (κ2) is 15.7. The van der Waals surface area contributed by atoms with Gasteiger partial charge in [0.2, 0.25) is 5.91 Å². The molecule has 4 aliphatic rings. The zero-order valence-corrected chi connectivity index (χ0v) is 31.1. The zero-order chi connectivity index (χ0) is 36.3. The van der Waals surface area contributed by atoms with E-state index >= 15 is 0 Å². The molecule has 0 radical (unpaired) electrons. The highest BCUT2D eigenvalue weighted by Gasteiger charge is 2.46. The summed E-state index contributed by atoms with van der Waals surface area (Å²) >= 11 is 7.01. The number of nitrogens with one attached hydrogen (secondary N) is 2. The first-order valence-corrected chi connectivity index (χ1v) is 18.7. The molecule has 1 unspecified atom stereocenters. The molecule has 11 nitrogen and oxygen atoms in total. The number of piperidine rings is 1. The number of hydrogen-bond donors (Lipinski definition) is 3. The van der Waals surface area contributed by atoms with E-state index in [9.17, 15) is 9.59 Å². The van der Waals surface area contributed by atoms with Gasteiger partial charge in [0.25, 0.3) is 5.91 Å². The van der Waals surface area contributed by atoms with Crippen molar-refractivity contribution in [3.8, 4) is 17.2 Å².